The van der Waals surface area contributed by atoms with Crippen molar-refractivity contribution in [1.29, 1.82) is 0 Å². The van der Waals surface area contributed by atoms with Crippen LogP contribution in [0, 0.1) is 20.8 Å². The van der Waals surface area contributed by atoms with E-state index < -0.39 is 10.0 Å². The summed E-state index contributed by atoms with van der Waals surface area (Å²) in [5, 5.41) is 7.20. The Kier molecular flexibility index (Phi) is 3.56. The number of aryl methyl sites for hydroxylation is 3. The molecule has 0 fully saturated rings. The van der Waals surface area contributed by atoms with E-state index in [-0.39, 0.29) is 4.90 Å². The number of nitrogens with one attached hydrogen (secondary N) is 2. The van der Waals surface area contributed by atoms with Gasteiger partial charge >= 0.3 is 0 Å². The van der Waals surface area contributed by atoms with Crippen LogP contribution in [0.1, 0.15) is 17.0 Å². The predicted octanol–water partition coefficient (Wildman–Crippen LogP) is 2.79. The van der Waals surface area contributed by atoms with Crippen molar-refractivity contribution in [3.63, 3.8) is 0 Å². The summed E-state index contributed by atoms with van der Waals surface area (Å²) in [6.45, 7) is 5.19. The maximum absolute atomic E-state index is 12.3. The number of hydrogen-bond acceptors (Lipinski definition) is 3. The van der Waals surface area contributed by atoms with Crippen molar-refractivity contribution in [3.8, 4) is 0 Å². The van der Waals surface area contributed by atoms with Crippen LogP contribution in [-0.4, -0.2) is 18.6 Å². The normalized spacial score (nSPS) is 11.6. The van der Waals surface area contributed by atoms with Crippen molar-refractivity contribution in [2.45, 2.75) is 25.7 Å². The van der Waals surface area contributed by atoms with E-state index in [0.717, 1.165) is 0 Å². The lowest BCUT2D eigenvalue weighted by molar-refractivity contribution is 0.600. The highest BCUT2D eigenvalue weighted by Crippen LogP contribution is 2.24. The molecule has 0 radical (unpaired) electrons. The first-order valence-corrected chi connectivity index (χ1v) is 7.48. The molecule has 0 spiro atoms. The molecule has 0 atom stereocenters. The van der Waals surface area contributed by atoms with Gasteiger partial charge in [-0.1, -0.05) is 11.6 Å². The monoisotopic (exact) mass is 299 g/mol. The van der Waals surface area contributed by atoms with Crippen LogP contribution in [0.2, 0.25) is 5.02 Å². The van der Waals surface area contributed by atoms with E-state index in [2.05, 4.69) is 14.9 Å². The number of benzene rings is 1. The average molecular weight is 300 g/mol. The van der Waals surface area contributed by atoms with Crippen molar-refractivity contribution in [1.82, 2.24) is 10.2 Å². The van der Waals surface area contributed by atoms with Gasteiger partial charge in [-0.2, -0.15) is 5.10 Å². The van der Waals surface area contributed by atoms with Gasteiger partial charge in [0.2, 0.25) is 0 Å². The smallest absolute Gasteiger partial charge is 0.262 e. The van der Waals surface area contributed by atoms with Crippen molar-refractivity contribution in [2.75, 3.05) is 4.72 Å². The van der Waals surface area contributed by atoms with Gasteiger partial charge < -0.3 is 0 Å². The maximum atomic E-state index is 12.3. The van der Waals surface area contributed by atoms with E-state index >= 15 is 0 Å². The van der Waals surface area contributed by atoms with Crippen LogP contribution in [0.25, 0.3) is 0 Å². The molecule has 5 nitrogen and oxygen atoms in total. The molecule has 0 saturated heterocycles. The minimum atomic E-state index is -3.64. The molecule has 1 aromatic heterocycles. The van der Waals surface area contributed by atoms with Crippen LogP contribution in [0.3, 0.4) is 0 Å². The molecule has 0 aliphatic heterocycles. The standard InChI is InChI=1S/C12H14ClN3O2S/c1-7-6-10(13)4-5-11(7)19(17,18)16-12-8(2)14-15-9(12)3/h4-6,16H,1-3H3,(H,14,15). The number of rotatable bonds is 3. The fourth-order valence-corrected chi connectivity index (χ4v) is 3.44. The molecule has 1 aromatic carbocycles. The lowest BCUT2D eigenvalue weighted by Crippen LogP contribution is -2.15. The van der Waals surface area contributed by atoms with Gasteiger partial charge in [0.1, 0.15) is 0 Å². The molecule has 0 aliphatic rings. The minimum absolute atomic E-state index is 0.205. The van der Waals surface area contributed by atoms with Crippen LogP contribution in [0.4, 0.5) is 5.69 Å². The van der Waals surface area contributed by atoms with E-state index in [9.17, 15) is 8.42 Å². The number of nitrogens with zero attached hydrogens (tertiary/aromatic N) is 1. The van der Waals surface area contributed by atoms with E-state index in [0.29, 0.717) is 27.7 Å². The van der Waals surface area contributed by atoms with Crippen LogP contribution in [-0.2, 0) is 10.0 Å². The van der Waals surface area contributed by atoms with Crippen LogP contribution >= 0.6 is 11.6 Å². The third kappa shape index (κ3) is 2.74. The third-order valence-electron chi connectivity index (χ3n) is 2.79. The average Bonchev–Trinajstić information content (AvgIpc) is 2.60. The van der Waals surface area contributed by atoms with Crippen molar-refractivity contribution >= 4 is 27.3 Å². The number of hydrogen-bond donors (Lipinski definition) is 2. The highest BCUT2D eigenvalue weighted by Gasteiger charge is 2.20. The maximum Gasteiger partial charge on any atom is 0.262 e. The number of aromatic nitrogens is 2. The van der Waals surface area contributed by atoms with Gasteiger partial charge in [-0.15, -0.1) is 0 Å². The Morgan fingerprint density at radius 2 is 1.95 bits per heavy atom. The van der Waals surface area contributed by atoms with Gasteiger partial charge in [-0.05, 0) is 44.5 Å². The van der Waals surface area contributed by atoms with Gasteiger partial charge in [0.15, 0.2) is 0 Å². The van der Waals surface area contributed by atoms with Gasteiger partial charge in [-0.25, -0.2) is 8.42 Å². The van der Waals surface area contributed by atoms with Gasteiger partial charge in [0, 0.05) is 5.02 Å². The highest BCUT2D eigenvalue weighted by atomic mass is 35.5. The van der Waals surface area contributed by atoms with E-state index in [1.54, 1.807) is 32.9 Å². The molecular formula is C12H14ClN3O2S. The van der Waals surface area contributed by atoms with Crippen molar-refractivity contribution in [2.24, 2.45) is 0 Å². The molecule has 0 amide bonds. The number of aromatic amines is 1. The second kappa shape index (κ2) is 4.86. The van der Waals surface area contributed by atoms with E-state index in [4.69, 9.17) is 11.6 Å². The minimum Gasteiger partial charge on any atom is -0.280 e. The Labute approximate surface area is 117 Å². The summed E-state index contributed by atoms with van der Waals surface area (Å²) < 4.78 is 27.2. The molecule has 0 bridgehead atoms. The first-order chi connectivity index (χ1) is 8.81. The summed E-state index contributed by atoms with van der Waals surface area (Å²) in [4.78, 5) is 0.205. The van der Waals surface area contributed by atoms with Crippen LogP contribution in [0.15, 0.2) is 23.1 Å². The molecule has 0 saturated carbocycles. The Morgan fingerprint density at radius 1 is 1.26 bits per heavy atom. The van der Waals surface area contributed by atoms with E-state index in [1.807, 2.05) is 0 Å². The number of sulfonamides is 1. The zero-order chi connectivity index (χ0) is 14.2. The number of anilines is 1. The Morgan fingerprint density at radius 3 is 2.47 bits per heavy atom. The summed E-state index contributed by atoms with van der Waals surface area (Å²) in [6.07, 6.45) is 0. The largest absolute Gasteiger partial charge is 0.280 e. The second-order valence-corrected chi connectivity index (χ2v) is 6.41. The van der Waals surface area contributed by atoms with Gasteiger partial charge in [0.05, 0.1) is 22.0 Å². The molecule has 102 valence electrons. The number of halogens is 1. The molecule has 2 N–H and O–H groups in total. The number of H-pyrrole nitrogens is 1. The zero-order valence-corrected chi connectivity index (χ0v) is 12.4. The molecule has 0 unspecified atom stereocenters. The second-order valence-electron chi connectivity index (χ2n) is 4.32. The lowest BCUT2D eigenvalue weighted by atomic mass is 10.2. The topological polar surface area (TPSA) is 74.8 Å². The quantitative estimate of drug-likeness (QED) is 0.915. The fourth-order valence-electron chi connectivity index (χ4n) is 1.80. The third-order valence-corrected chi connectivity index (χ3v) is 4.54. The summed E-state index contributed by atoms with van der Waals surface area (Å²) in [5.74, 6) is 0. The first kappa shape index (κ1) is 13.9. The van der Waals surface area contributed by atoms with E-state index in [1.165, 1.54) is 6.07 Å². The summed E-state index contributed by atoms with van der Waals surface area (Å²) in [7, 11) is -3.64. The highest BCUT2D eigenvalue weighted by molar-refractivity contribution is 7.92. The molecule has 7 heteroatoms. The summed E-state index contributed by atoms with van der Waals surface area (Å²) >= 11 is 5.83. The van der Waals surface area contributed by atoms with Crippen LogP contribution < -0.4 is 4.72 Å². The van der Waals surface area contributed by atoms with Gasteiger partial charge in [0.25, 0.3) is 10.0 Å². The molecule has 1 heterocycles. The lowest BCUT2D eigenvalue weighted by Gasteiger charge is -2.10. The first-order valence-electron chi connectivity index (χ1n) is 5.62. The summed E-state index contributed by atoms with van der Waals surface area (Å²) in [6, 6.07) is 4.66. The fraction of sp³-hybridized carbons (Fsp3) is 0.250. The van der Waals surface area contributed by atoms with Crippen molar-refractivity contribution in [3.05, 3.63) is 40.2 Å². The SMILES string of the molecule is Cc1cc(Cl)ccc1S(=O)(=O)Nc1c(C)n[nH]c1C. The van der Waals surface area contributed by atoms with Gasteiger partial charge in [-0.3, -0.25) is 9.82 Å². The molecular weight excluding hydrogens is 286 g/mol. The Balaban J connectivity index is 2.44. The Bertz CT molecular complexity index is 703. The molecule has 2 aromatic rings. The predicted molar refractivity (Wildman–Crippen MR) is 75.1 cm³/mol. The summed E-state index contributed by atoms with van der Waals surface area (Å²) in [5.41, 5.74) is 2.36. The Hall–Kier alpha value is -1.53. The molecule has 2 rings (SSSR count). The molecule has 0 aliphatic carbocycles. The van der Waals surface area contributed by atoms with Crippen LogP contribution in [0.5, 0.6) is 0 Å². The molecule has 19 heavy (non-hydrogen) atoms. The zero-order valence-electron chi connectivity index (χ0n) is 10.8. The van der Waals surface area contributed by atoms with Crippen molar-refractivity contribution < 1.29 is 8.42 Å².